The normalized spacial score (nSPS) is 12.8. The molecule has 0 N–H and O–H groups in total. The topological polar surface area (TPSA) is 18.5 Å². The molecule has 0 rings (SSSR count). The molecule has 2 heteroatoms. The van der Waals surface area contributed by atoms with Crippen LogP contribution in [0.1, 0.15) is 6.92 Å². The molecule has 0 aromatic carbocycles. The lowest BCUT2D eigenvalue weighted by Gasteiger charge is -2.06. The minimum Gasteiger partial charge on any atom is -0.499 e. The van der Waals surface area contributed by atoms with Gasteiger partial charge in [-0.15, -0.1) is 0 Å². The molecule has 1 atom stereocenters. The van der Waals surface area contributed by atoms with Crippen molar-refractivity contribution in [2.24, 2.45) is 0 Å². The van der Waals surface area contributed by atoms with E-state index in [0.29, 0.717) is 6.61 Å². The highest BCUT2D eigenvalue weighted by Gasteiger charge is 1.94. The maximum atomic E-state index is 4.88. The maximum Gasteiger partial charge on any atom is 0.113 e. The number of hydrogen-bond acceptors (Lipinski definition) is 2. The van der Waals surface area contributed by atoms with Crippen LogP contribution in [0.2, 0.25) is 0 Å². The lowest BCUT2D eigenvalue weighted by molar-refractivity contribution is 0.0550. The first-order valence-electron chi connectivity index (χ1n) is 2.56. The van der Waals surface area contributed by atoms with Gasteiger partial charge in [-0.1, -0.05) is 6.58 Å². The number of ether oxygens (including phenoxy) is 2. The first kappa shape index (κ1) is 7.50. The molecule has 48 valence electrons. The fraction of sp³-hybridized carbons (Fsp3) is 0.667. The van der Waals surface area contributed by atoms with Gasteiger partial charge < -0.3 is 9.47 Å². The quantitative estimate of drug-likeness (QED) is 0.513. The standard InChI is InChI=1S/C6H12O2/c1-4-8-5-6(2)7-3/h4,6H,1,5H2,2-3H3. The highest BCUT2D eigenvalue weighted by atomic mass is 16.5. The Morgan fingerprint density at radius 1 is 1.75 bits per heavy atom. The highest BCUT2D eigenvalue weighted by molar-refractivity contribution is 4.52. The summed E-state index contributed by atoms with van der Waals surface area (Å²) in [5.74, 6) is 0. The van der Waals surface area contributed by atoms with Crippen molar-refractivity contribution in [3.8, 4) is 0 Å². The van der Waals surface area contributed by atoms with E-state index >= 15 is 0 Å². The summed E-state index contributed by atoms with van der Waals surface area (Å²) in [5, 5.41) is 0. The smallest absolute Gasteiger partial charge is 0.113 e. The molecule has 2 nitrogen and oxygen atoms in total. The van der Waals surface area contributed by atoms with Crippen LogP contribution in [-0.4, -0.2) is 19.8 Å². The molecule has 0 saturated heterocycles. The van der Waals surface area contributed by atoms with E-state index < -0.39 is 0 Å². The van der Waals surface area contributed by atoms with Crippen molar-refractivity contribution in [3.05, 3.63) is 12.8 Å². The third kappa shape index (κ3) is 3.68. The summed E-state index contributed by atoms with van der Waals surface area (Å²) in [6.07, 6.45) is 1.57. The average Bonchev–Trinajstić information content (AvgIpc) is 1.83. The van der Waals surface area contributed by atoms with E-state index in [1.165, 1.54) is 6.26 Å². The van der Waals surface area contributed by atoms with Crippen molar-refractivity contribution in [1.29, 1.82) is 0 Å². The molecular weight excluding hydrogens is 104 g/mol. The Kier molecular flexibility index (Phi) is 4.36. The van der Waals surface area contributed by atoms with Gasteiger partial charge in [0.2, 0.25) is 0 Å². The average molecular weight is 116 g/mol. The number of methoxy groups -OCH3 is 1. The second-order valence-electron chi connectivity index (χ2n) is 1.55. The van der Waals surface area contributed by atoms with Crippen molar-refractivity contribution >= 4 is 0 Å². The van der Waals surface area contributed by atoms with Crippen molar-refractivity contribution in [2.75, 3.05) is 13.7 Å². The Labute approximate surface area is 50.1 Å². The van der Waals surface area contributed by atoms with Crippen LogP contribution < -0.4 is 0 Å². The summed E-state index contributed by atoms with van der Waals surface area (Å²) in [7, 11) is 1.65. The maximum absolute atomic E-state index is 4.88. The third-order valence-electron chi connectivity index (χ3n) is 0.851. The minimum absolute atomic E-state index is 0.160. The van der Waals surface area contributed by atoms with Crippen LogP contribution in [0.5, 0.6) is 0 Å². The Morgan fingerprint density at radius 3 is 2.75 bits per heavy atom. The first-order chi connectivity index (χ1) is 3.81. The first-order valence-corrected chi connectivity index (χ1v) is 2.56. The Morgan fingerprint density at radius 2 is 2.38 bits per heavy atom. The molecule has 0 aliphatic heterocycles. The van der Waals surface area contributed by atoms with Crippen LogP contribution in [0.25, 0.3) is 0 Å². The molecule has 8 heavy (non-hydrogen) atoms. The van der Waals surface area contributed by atoms with Crippen LogP contribution in [0.4, 0.5) is 0 Å². The van der Waals surface area contributed by atoms with E-state index in [1.807, 2.05) is 6.92 Å². The summed E-state index contributed by atoms with van der Waals surface area (Å²) in [5.41, 5.74) is 0. The molecule has 0 saturated carbocycles. The van der Waals surface area contributed by atoms with Gasteiger partial charge in [0.15, 0.2) is 0 Å². The predicted octanol–water partition coefficient (Wildman–Crippen LogP) is 1.18. The van der Waals surface area contributed by atoms with Crippen molar-refractivity contribution in [1.82, 2.24) is 0 Å². The monoisotopic (exact) mass is 116 g/mol. The van der Waals surface area contributed by atoms with E-state index in [2.05, 4.69) is 6.58 Å². The third-order valence-corrected chi connectivity index (χ3v) is 0.851. The summed E-state index contributed by atoms with van der Waals surface area (Å²) in [4.78, 5) is 0. The summed E-state index contributed by atoms with van der Waals surface area (Å²) in [6.45, 7) is 5.91. The lowest BCUT2D eigenvalue weighted by atomic mass is 10.4. The van der Waals surface area contributed by atoms with Crippen LogP contribution in [0, 0.1) is 0 Å². The molecule has 1 unspecified atom stereocenters. The largest absolute Gasteiger partial charge is 0.499 e. The number of rotatable bonds is 4. The van der Waals surface area contributed by atoms with Crippen LogP contribution in [0.15, 0.2) is 12.8 Å². The van der Waals surface area contributed by atoms with E-state index in [1.54, 1.807) is 7.11 Å². The molecule has 0 aliphatic rings. The Balaban J connectivity index is 2.97. The minimum atomic E-state index is 0.160. The van der Waals surface area contributed by atoms with Crippen LogP contribution in [0.3, 0.4) is 0 Å². The molecule has 0 aromatic heterocycles. The predicted molar refractivity (Wildman–Crippen MR) is 32.6 cm³/mol. The van der Waals surface area contributed by atoms with Gasteiger partial charge in [0.05, 0.1) is 12.4 Å². The molecule has 0 spiro atoms. The fourth-order valence-corrected chi connectivity index (χ4v) is 0.272. The van der Waals surface area contributed by atoms with Gasteiger partial charge in [-0.05, 0) is 6.92 Å². The van der Waals surface area contributed by atoms with Crippen molar-refractivity contribution in [2.45, 2.75) is 13.0 Å². The van der Waals surface area contributed by atoms with Gasteiger partial charge in [-0.25, -0.2) is 0 Å². The molecule has 0 bridgehead atoms. The molecule has 0 radical (unpaired) electrons. The summed E-state index contributed by atoms with van der Waals surface area (Å²) < 4.78 is 9.70. The van der Waals surface area contributed by atoms with Gasteiger partial charge in [-0.2, -0.15) is 0 Å². The van der Waals surface area contributed by atoms with E-state index in [4.69, 9.17) is 9.47 Å². The van der Waals surface area contributed by atoms with Gasteiger partial charge in [0, 0.05) is 7.11 Å². The molecule has 0 aromatic rings. The Bertz CT molecular complexity index is 61.5. The zero-order chi connectivity index (χ0) is 6.41. The van der Waals surface area contributed by atoms with Gasteiger partial charge in [0.25, 0.3) is 0 Å². The van der Waals surface area contributed by atoms with Crippen LogP contribution >= 0.6 is 0 Å². The van der Waals surface area contributed by atoms with Gasteiger partial charge in [0.1, 0.15) is 6.61 Å². The van der Waals surface area contributed by atoms with E-state index in [9.17, 15) is 0 Å². The number of hydrogen-bond donors (Lipinski definition) is 0. The van der Waals surface area contributed by atoms with E-state index in [0.717, 1.165) is 0 Å². The molecule has 0 amide bonds. The second kappa shape index (κ2) is 4.65. The molecule has 0 heterocycles. The van der Waals surface area contributed by atoms with Crippen molar-refractivity contribution in [3.63, 3.8) is 0 Å². The zero-order valence-electron chi connectivity index (χ0n) is 5.39. The van der Waals surface area contributed by atoms with E-state index in [-0.39, 0.29) is 6.10 Å². The molecule has 0 aliphatic carbocycles. The second-order valence-corrected chi connectivity index (χ2v) is 1.55. The lowest BCUT2D eigenvalue weighted by Crippen LogP contribution is -2.11. The molecular formula is C6H12O2. The van der Waals surface area contributed by atoms with Gasteiger partial charge >= 0.3 is 0 Å². The highest BCUT2D eigenvalue weighted by Crippen LogP contribution is 1.87. The van der Waals surface area contributed by atoms with Gasteiger partial charge in [-0.3, -0.25) is 0 Å². The van der Waals surface area contributed by atoms with Crippen LogP contribution in [-0.2, 0) is 9.47 Å². The summed E-state index contributed by atoms with van der Waals surface area (Å²) >= 11 is 0. The zero-order valence-corrected chi connectivity index (χ0v) is 5.39. The fourth-order valence-electron chi connectivity index (χ4n) is 0.272. The van der Waals surface area contributed by atoms with Crippen molar-refractivity contribution < 1.29 is 9.47 Å². The SMILES string of the molecule is C=COCC(C)OC. The molecule has 0 fully saturated rings. The Hall–Kier alpha value is -0.500. The summed E-state index contributed by atoms with van der Waals surface area (Å²) in [6, 6.07) is 0.